The van der Waals surface area contributed by atoms with E-state index in [0.29, 0.717) is 22.8 Å². The number of hydrogen-bond acceptors (Lipinski definition) is 6. The predicted octanol–water partition coefficient (Wildman–Crippen LogP) is 1.42. The van der Waals surface area contributed by atoms with Crippen LogP contribution in [-0.4, -0.2) is 51.2 Å². The number of aliphatic hydroxyl groups excluding tert-OH is 1. The topological polar surface area (TPSA) is 80.7 Å². The number of anilines is 1. The number of pyridine rings is 1. The number of terminal acetylenes is 1. The van der Waals surface area contributed by atoms with Crippen molar-refractivity contribution in [3.05, 3.63) is 17.2 Å². The molecule has 5 atom stereocenters. The van der Waals surface area contributed by atoms with Crippen molar-refractivity contribution in [3.63, 3.8) is 0 Å². The molecule has 6 nitrogen and oxygen atoms in total. The van der Waals surface area contributed by atoms with Gasteiger partial charge in [0, 0.05) is 18.8 Å². The van der Waals surface area contributed by atoms with Gasteiger partial charge in [-0.3, -0.25) is 4.21 Å². The molecule has 0 radical (unpaired) electrons. The van der Waals surface area contributed by atoms with E-state index in [-0.39, 0.29) is 30.8 Å². The first kappa shape index (κ1) is 18.3. The highest BCUT2D eigenvalue weighted by Gasteiger charge is 2.53. The summed E-state index contributed by atoms with van der Waals surface area (Å²) in [4.78, 5) is 4.46. The summed E-state index contributed by atoms with van der Waals surface area (Å²) in [5.41, 5.74) is 1.50. The number of nitrogens with one attached hydrogen (secondary N) is 1. The van der Waals surface area contributed by atoms with Gasteiger partial charge in [-0.1, -0.05) is 5.92 Å². The molecule has 0 aromatic carbocycles. The molecule has 0 amide bonds. The average molecular weight is 364 g/mol. The second-order valence-electron chi connectivity index (χ2n) is 7.09. The number of aliphatic hydroxyl groups is 1. The van der Waals surface area contributed by atoms with Gasteiger partial charge in [0.15, 0.2) is 5.79 Å². The maximum atomic E-state index is 11.8. The Hall–Kier alpha value is -1.46. The van der Waals surface area contributed by atoms with E-state index in [0.717, 1.165) is 5.56 Å². The number of aromatic nitrogens is 1. The fraction of sp³-hybridized carbons (Fsp3) is 0.611. The average Bonchev–Trinajstić information content (AvgIpc) is 3.00. The van der Waals surface area contributed by atoms with E-state index in [1.807, 2.05) is 20.8 Å². The van der Waals surface area contributed by atoms with Gasteiger partial charge in [0.25, 0.3) is 0 Å². The van der Waals surface area contributed by atoms with E-state index in [4.69, 9.17) is 15.9 Å². The lowest BCUT2D eigenvalue weighted by molar-refractivity contribution is -0.158. The van der Waals surface area contributed by atoms with Crippen LogP contribution in [0.25, 0.3) is 0 Å². The van der Waals surface area contributed by atoms with Crippen molar-refractivity contribution >= 4 is 16.6 Å². The van der Waals surface area contributed by atoms with Crippen molar-refractivity contribution < 1.29 is 18.8 Å². The standard InChI is InChI=1S/C18H24N2O4S/c1-6-12-10(2)7-14(25(5)22)20-17(12)19-13-8-11(9-21)15-16(13)24-18(3,4)23-15/h1,7,11,13,15-16,21H,8-9H2,2-5H3,(H,19,20)/t11?,13?,15-,16+,25?/m1/s1. The van der Waals surface area contributed by atoms with Gasteiger partial charge in [0.1, 0.15) is 16.9 Å². The molecule has 1 aliphatic heterocycles. The second kappa shape index (κ2) is 6.69. The van der Waals surface area contributed by atoms with Gasteiger partial charge in [0.2, 0.25) is 0 Å². The third-order valence-corrected chi connectivity index (χ3v) is 5.57. The molecular formula is C18H24N2O4S. The molecule has 25 heavy (non-hydrogen) atoms. The largest absolute Gasteiger partial charge is 0.396 e. The van der Waals surface area contributed by atoms with Crippen LogP contribution in [0, 0.1) is 25.2 Å². The van der Waals surface area contributed by atoms with Gasteiger partial charge in [-0.2, -0.15) is 0 Å². The highest BCUT2D eigenvalue weighted by molar-refractivity contribution is 7.84. The number of nitrogens with zero attached hydrogens (tertiary/aromatic N) is 1. The maximum Gasteiger partial charge on any atom is 0.163 e. The molecule has 136 valence electrons. The summed E-state index contributed by atoms with van der Waals surface area (Å²) in [6.07, 6.45) is 7.56. The van der Waals surface area contributed by atoms with Crippen LogP contribution in [0.15, 0.2) is 11.1 Å². The van der Waals surface area contributed by atoms with Gasteiger partial charge in [-0.25, -0.2) is 4.98 Å². The minimum atomic E-state index is -1.20. The molecule has 3 rings (SSSR count). The van der Waals surface area contributed by atoms with E-state index >= 15 is 0 Å². The lowest BCUT2D eigenvalue weighted by atomic mass is 10.1. The van der Waals surface area contributed by atoms with E-state index in [1.54, 1.807) is 12.3 Å². The van der Waals surface area contributed by atoms with Crippen LogP contribution < -0.4 is 5.32 Å². The molecule has 1 aromatic rings. The van der Waals surface area contributed by atoms with Crippen molar-refractivity contribution in [3.8, 4) is 12.3 Å². The molecule has 3 unspecified atom stereocenters. The normalized spacial score (nSPS) is 31.4. The highest BCUT2D eigenvalue weighted by Crippen LogP contribution is 2.42. The first-order chi connectivity index (χ1) is 11.8. The summed E-state index contributed by atoms with van der Waals surface area (Å²) in [6, 6.07) is 1.66. The van der Waals surface area contributed by atoms with Crippen LogP contribution in [-0.2, 0) is 20.3 Å². The van der Waals surface area contributed by atoms with E-state index in [2.05, 4.69) is 16.2 Å². The Balaban J connectivity index is 1.92. The van der Waals surface area contributed by atoms with Gasteiger partial charge < -0.3 is 19.9 Å². The maximum absolute atomic E-state index is 11.8. The summed E-state index contributed by atoms with van der Waals surface area (Å²) < 4.78 is 23.8. The lowest BCUT2D eigenvalue weighted by Gasteiger charge is -2.24. The number of aryl methyl sites for hydroxylation is 1. The molecular weight excluding hydrogens is 340 g/mol. The zero-order valence-electron chi connectivity index (χ0n) is 14.9. The molecule has 7 heteroatoms. The van der Waals surface area contributed by atoms with Crippen molar-refractivity contribution in [1.82, 2.24) is 4.98 Å². The molecule has 1 aliphatic carbocycles. The molecule has 1 saturated carbocycles. The third-order valence-electron chi connectivity index (χ3n) is 4.77. The number of hydrogen-bond donors (Lipinski definition) is 2. The van der Waals surface area contributed by atoms with Crippen LogP contribution in [0.4, 0.5) is 5.82 Å². The Morgan fingerprint density at radius 1 is 1.48 bits per heavy atom. The molecule has 2 heterocycles. The fourth-order valence-electron chi connectivity index (χ4n) is 3.66. The van der Waals surface area contributed by atoms with Crippen LogP contribution in [0.1, 0.15) is 31.4 Å². The molecule has 1 saturated heterocycles. The third kappa shape index (κ3) is 3.44. The van der Waals surface area contributed by atoms with Crippen molar-refractivity contribution in [2.75, 3.05) is 18.2 Å². The number of ether oxygens (including phenoxy) is 2. The predicted molar refractivity (Wildman–Crippen MR) is 95.7 cm³/mol. The summed E-state index contributed by atoms with van der Waals surface area (Å²) >= 11 is 0. The Bertz CT molecular complexity index is 743. The minimum absolute atomic E-state index is 0.0110. The van der Waals surface area contributed by atoms with Crippen molar-refractivity contribution in [2.45, 2.75) is 56.3 Å². The smallest absolute Gasteiger partial charge is 0.163 e. The van der Waals surface area contributed by atoms with Crippen molar-refractivity contribution in [1.29, 1.82) is 0 Å². The summed E-state index contributed by atoms with van der Waals surface area (Å²) in [7, 11) is -1.20. The van der Waals surface area contributed by atoms with Gasteiger partial charge in [0.05, 0.1) is 28.5 Å². The number of fused-ring (bicyclic) bond motifs is 1. The van der Waals surface area contributed by atoms with Gasteiger partial charge in [-0.05, 0) is 38.8 Å². The first-order valence-corrected chi connectivity index (χ1v) is 9.86. The Morgan fingerprint density at radius 3 is 2.76 bits per heavy atom. The Labute approximate surface area is 150 Å². The van der Waals surface area contributed by atoms with E-state index in [1.165, 1.54) is 0 Å². The molecule has 2 fully saturated rings. The summed E-state index contributed by atoms with van der Waals surface area (Å²) in [5, 5.41) is 13.5. The van der Waals surface area contributed by atoms with E-state index in [9.17, 15) is 9.32 Å². The second-order valence-corrected chi connectivity index (χ2v) is 8.42. The Morgan fingerprint density at radius 2 is 2.16 bits per heavy atom. The minimum Gasteiger partial charge on any atom is -0.396 e. The first-order valence-electron chi connectivity index (χ1n) is 8.30. The molecule has 0 spiro atoms. The van der Waals surface area contributed by atoms with Gasteiger partial charge in [-0.15, -0.1) is 6.42 Å². The van der Waals surface area contributed by atoms with Crippen molar-refractivity contribution in [2.24, 2.45) is 5.92 Å². The zero-order valence-corrected chi connectivity index (χ0v) is 15.7. The quantitative estimate of drug-likeness (QED) is 0.787. The fourth-order valence-corrected chi connectivity index (χ4v) is 4.22. The molecule has 2 aliphatic rings. The SMILES string of the molecule is C#Cc1c(C)cc(S(C)=O)nc1NC1CC(CO)[C@H]2OC(C)(C)O[C@@H]12. The lowest BCUT2D eigenvalue weighted by Crippen LogP contribution is -2.35. The van der Waals surface area contributed by atoms with Crippen LogP contribution in [0.2, 0.25) is 0 Å². The zero-order chi connectivity index (χ0) is 18.4. The highest BCUT2D eigenvalue weighted by atomic mass is 32.2. The summed E-state index contributed by atoms with van der Waals surface area (Å²) in [5.74, 6) is 2.49. The van der Waals surface area contributed by atoms with Crippen LogP contribution >= 0.6 is 0 Å². The molecule has 0 bridgehead atoms. The molecule has 1 aromatic heterocycles. The molecule has 2 N–H and O–H groups in total. The van der Waals surface area contributed by atoms with Gasteiger partial charge >= 0.3 is 0 Å². The summed E-state index contributed by atoms with van der Waals surface area (Å²) in [6.45, 7) is 5.65. The van der Waals surface area contributed by atoms with E-state index < -0.39 is 16.6 Å². The number of rotatable bonds is 4. The Kier molecular flexibility index (Phi) is 4.91. The van der Waals surface area contributed by atoms with Crippen LogP contribution in [0.3, 0.4) is 0 Å². The van der Waals surface area contributed by atoms with Crippen LogP contribution in [0.5, 0.6) is 0 Å². The monoisotopic (exact) mass is 364 g/mol.